The van der Waals surface area contributed by atoms with Crippen LogP contribution < -0.4 is 9.80 Å². The maximum Gasteiger partial charge on any atom is 0.323 e. The fourth-order valence-electron chi connectivity index (χ4n) is 2.53. The van der Waals surface area contributed by atoms with Crippen LogP contribution in [0.2, 0.25) is 0 Å². The highest BCUT2D eigenvalue weighted by Gasteiger charge is 2.15. The van der Waals surface area contributed by atoms with Crippen molar-refractivity contribution in [2.45, 2.75) is 19.8 Å². The van der Waals surface area contributed by atoms with Crippen LogP contribution in [0.5, 0.6) is 0 Å². The highest BCUT2D eigenvalue weighted by Crippen LogP contribution is 2.33. The van der Waals surface area contributed by atoms with Crippen molar-refractivity contribution in [3.8, 4) is 0 Å². The summed E-state index contributed by atoms with van der Waals surface area (Å²) in [5.74, 6) is 0.240. The molecule has 0 saturated heterocycles. The minimum absolute atomic E-state index is 0.0741. The molecule has 118 valence electrons. The summed E-state index contributed by atoms with van der Waals surface area (Å²) in [5.41, 5.74) is 2.24. The molecule has 1 aromatic carbocycles. The van der Waals surface area contributed by atoms with Crippen molar-refractivity contribution < 1.29 is 9.90 Å². The number of hydrogen-bond acceptors (Lipinski definition) is 4. The van der Waals surface area contributed by atoms with Crippen LogP contribution in [0, 0.1) is 0 Å². The van der Waals surface area contributed by atoms with E-state index in [1.165, 1.54) is 5.56 Å². The number of benzene rings is 1. The number of rotatable bonds is 5. The molecule has 1 heterocycles. The second-order valence-corrected chi connectivity index (χ2v) is 6.07. The van der Waals surface area contributed by atoms with E-state index in [-0.39, 0.29) is 6.54 Å². The fourth-order valence-corrected chi connectivity index (χ4v) is 2.53. The summed E-state index contributed by atoms with van der Waals surface area (Å²) in [7, 11) is 5.72. The van der Waals surface area contributed by atoms with Crippen molar-refractivity contribution in [1.82, 2.24) is 4.98 Å². The zero-order valence-corrected chi connectivity index (χ0v) is 13.8. The van der Waals surface area contributed by atoms with Crippen molar-refractivity contribution in [2.24, 2.45) is 0 Å². The van der Waals surface area contributed by atoms with Crippen molar-refractivity contribution in [3.63, 3.8) is 0 Å². The molecule has 1 N–H and O–H groups in total. The van der Waals surface area contributed by atoms with Crippen LogP contribution >= 0.6 is 0 Å². The summed E-state index contributed by atoms with van der Waals surface area (Å²) in [6.07, 6.45) is 1.80. The van der Waals surface area contributed by atoms with Gasteiger partial charge in [0.05, 0.1) is 11.9 Å². The van der Waals surface area contributed by atoms with Crippen molar-refractivity contribution in [2.75, 3.05) is 37.5 Å². The Bertz CT molecular complexity index is 696. The molecule has 2 aromatic rings. The molecule has 5 heteroatoms. The number of carboxylic acid groups (broad SMARTS) is 1. The van der Waals surface area contributed by atoms with Crippen molar-refractivity contribution in [1.29, 1.82) is 0 Å². The first-order chi connectivity index (χ1) is 10.3. The predicted octanol–water partition coefficient (Wildman–Crippen LogP) is 2.95. The number of aromatic nitrogens is 1. The van der Waals surface area contributed by atoms with Gasteiger partial charge in [0, 0.05) is 31.9 Å². The molecule has 0 aliphatic carbocycles. The van der Waals surface area contributed by atoms with Crippen molar-refractivity contribution in [3.05, 3.63) is 30.0 Å². The Morgan fingerprint density at radius 2 is 1.91 bits per heavy atom. The minimum Gasteiger partial charge on any atom is -0.480 e. The molecule has 0 saturated carbocycles. The van der Waals surface area contributed by atoms with E-state index in [0.29, 0.717) is 11.7 Å². The maximum absolute atomic E-state index is 11.0. The Morgan fingerprint density at radius 1 is 1.23 bits per heavy atom. The minimum atomic E-state index is -0.867. The Hall–Kier alpha value is -2.30. The van der Waals surface area contributed by atoms with Crippen LogP contribution in [0.4, 0.5) is 11.5 Å². The number of pyridine rings is 1. The van der Waals surface area contributed by atoms with Gasteiger partial charge in [-0.05, 0) is 17.5 Å². The van der Waals surface area contributed by atoms with Gasteiger partial charge < -0.3 is 14.9 Å². The Balaban J connectivity index is 2.68. The molecular formula is C17H23N3O2. The Kier molecular flexibility index (Phi) is 4.54. The summed E-state index contributed by atoms with van der Waals surface area (Å²) >= 11 is 0. The molecule has 0 radical (unpaired) electrons. The quantitative estimate of drug-likeness (QED) is 0.920. The second-order valence-electron chi connectivity index (χ2n) is 6.07. The number of carboxylic acids is 1. The smallest absolute Gasteiger partial charge is 0.323 e. The van der Waals surface area contributed by atoms with E-state index in [1.807, 2.05) is 19.0 Å². The number of carbonyl (C=O) groups is 1. The third-order valence-electron chi connectivity index (χ3n) is 3.75. The Morgan fingerprint density at radius 3 is 2.45 bits per heavy atom. The normalized spacial score (nSPS) is 11.0. The number of anilines is 2. The van der Waals surface area contributed by atoms with Crippen LogP contribution in [-0.4, -0.2) is 43.7 Å². The molecule has 0 aliphatic heterocycles. The summed E-state index contributed by atoms with van der Waals surface area (Å²) in [6, 6.07) is 6.34. The Labute approximate surface area is 131 Å². The molecule has 0 fully saturated rings. The molecular weight excluding hydrogens is 278 g/mol. The van der Waals surface area contributed by atoms with E-state index < -0.39 is 5.97 Å². The lowest BCUT2D eigenvalue weighted by molar-refractivity contribution is -0.135. The first kappa shape index (κ1) is 16.1. The van der Waals surface area contributed by atoms with Gasteiger partial charge in [0.1, 0.15) is 12.4 Å². The molecule has 22 heavy (non-hydrogen) atoms. The lowest BCUT2D eigenvalue weighted by Gasteiger charge is -2.22. The zero-order valence-electron chi connectivity index (χ0n) is 13.8. The summed E-state index contributed by atoms with van der Waals surface area (Å²) in [6.45, 7) is 4.21. The average molecular weight is 301 g/mol. The molecule has 0 unspecified atom stereocenters. The van der Waals surface area contributed by atoms with Gasteiger partial charge in [-0.3, -0.25) is 4.79 Å². The number of fused-ring (bicyclic) bond motifs is 1. The van der Waals surface area contributed by atoms with Crippen LogP contribution in [0.25, 0.3) is 10.8 Å². The van der Waals surface area contributed by atoms with Crippen molar-refractivity contribution >= 4 is 28.2 Å². The standard InChI is InChI=1S/C17H23N3O2/c1-11(2)12-6-7-13-14(8-12)17(20(5)10-16(21)22)18-9-15(13)19(3)4/h6-9,11H,10H2,1-5H3,(H,21,22). The number of likely N-dealkylation sites (N-methyl/N-ethyl adjacent to an activating group) is 1. The SMILES string of the molecule is CC(C)c1ccc2c(N(C)C)cnc(N(C)CC(=O)O)c2c1. The molecule has 0 aliphatic rings. The van der Waals surface area contributed by atoms with Crippen LogP contribution in [0.3, 0.4) is 0 Å². The zero-order chi connectivity index (χ0) is 16.4. The van der Waals surface area contributed by atoms with Crippen LogP contribution in [0.1, 0.15) is 25.3 Å². The number of hydrogen-bond donors (Lipinski definition) is 1. The van der Waals surface area contributed by atoms with E-state index in [4.69, 9.17) is 5.11 Å². The summed E-state index contributed by atoms with van der Waals surface area (Å²) in [5, 5.41) is 11.1. The van der Waals surface area contributed by atoms with Gasteiger partial charge in [-0.2, -0.15) is 0 Å². The second kappa shape index (κ2) is 6.22. The van der Waals surface area contributed by atoms with Gasteiger partial charge in [0.15, 0.2) is 0 Å². The number of aliphatic carboxylic acids is 1. The van der Waals surface area contributed by atoms with Gasteiger partial charge >= 0.3 is 5.97 Å². The summed E-state index contributed by atoms with van der Waals surface area (Å²) < 4.78 is 0. The van der Waals surface area contributed by atoms with E-state index in [0.717, 1.165) is 16.5 Å². The average Bonchev–Trinajstić information content (AvgIpc) is 2.44. The molecule has 0 bridgehead atoms. The van der Waals surface area contributed by atoms with Crippen LogP contribution in [-0.2, 0) is 4.79 Å². The van der Waals surface area contributed by atoms with Gasteiger partial charge in [-0.25, -0.2) is 4.98 Å². The van der Waals surface area contributed by atoms with E-state index >= 15 is 0 Å². The van der Waals surface area contributed by atoms with Gasteiger partial charge in [0.25, 0.3) is 0 Å². The third kappa shape index (κ3) is 3.13. The topological polar surface area (TPSA) is 56.7 Å². The summed E-state index contributed by atoms with van der Waals surface area (Å²) in [4.78, 5) is 19.2. The van der Waals surface area contributed by atoms with Crippen LogP contribution in [0.15, 0.2) is 24.4 Å². The number of nitrogens with zero attached hydrogens (tertiary/aromatic N) is 3. The van der Waals surface area contributed by atoms with E-state index in [1.54, 1.807) is 18.1 Å². The monoisotopic (exact) mass is 301 g/mol. The largest absolute Gasteiger partial charge is 0.480 e. The molecule has 2 rings (SSSR count). The molecule has 0 atom stereocenters. The van der Waals surface area contributed by atoms with E-state index in [2.05, 4.69) is 37.0 Å². The predicted molar refractivity (Wildman–Crippen MR) is 91.1 cm³/mol. The van der Waals surface area contributed by atoms with Gasteiger partial charge in [-0.1, -0.05) is 26.0 Å². The molecule has 5 nitrogen and oxygen atoms in total. The maximum atomic E-state index is 11.0. The highest BCUT2D eigenvalue weighted by molar-refractivity contribution is 6.01. The molecule has 0 spiro atoms. The first-order valence-electron chi connectivity index (χ1n) is 7.34. The molecule has 0 amide bonds. The fraction of sp³-hybridized carbons (Fsp3) is 0.412. The van der Waals surface area contributed by atoms with Gasteiger partial charge in [0.2, 0.25) is 0 Å². The van der Waals surface area contributed by atoms with Gasteiger partial charge in [-0.15, -0.1) is 0 Å². The lowest BCUT2D eigenvalue weighted by Crippen LogP contribution is -2.26. The lowest BCUT2D eigenvalue weighted by atomic mass is 9.99. The molecule has 1 aromatic heterocycles. The first-order valence-corrected chi connectivity index (χ1v) is 7.34. The highest BCUT2D eigenvalue weighted by atomic mass is 16.4. The van der Waals surface area contributed by atoms with E-state index in [9.17, 15) is 4.79 Å². The third-order valence-corrected chi connectivity index (χ3v) is 3.75.